The number of carbonyl (C=O) groups is 1. The van der Waals surface area contributed by atoms with Crippen LogP contribution >= 0.6 is 11.3 Å². The first-order valence-corrected chi connectivity index (χ1v) is 5.24. The number of carbonyl (C=O) groups excluding carboxylic acids is 1. The lowest BCUT2D eigenvalue weighted by molar-refractivity contribution is -0.121. The van der Waals surface area contributed by atoms with E-state index in [0.717, 1.165) is 5.56 Å². The molecule has 1 aromatic rings. The molecule has 0 aliphatic carbocycles. The van der Waals surface area contributed by atoms with Crippen LogP contribution in [0.4, 0.5) is 0 Å². The maximum absolute atomic E-state index is 11.4. The molecular weight excluding hydrogens is 182 g/mol. The molecule has 0 aliphatic rings. The third-order valence-electron chi connectivity index (χ3n) is 1.46. The Morgan fingerprint density at radius 1 is 1.54 bits per heavy atom. The van der Waals surface area contributed by atoms with Crippen molar-refractivity contribution < 1.29 is 4.79 Å². The minimum atomic E-state index is -0.132. The summed E-state index contributed by atoms with van der Waals surface area (Å²) in [5, 5.41) is 6.91. The van der Waals surface area contributed by atoms with Crippen LogP contribution in [0, 0.1) is 0 Å². The summed E-state index contributed by atoms with van der Waals surface area (Å²) in [7, 11) is 0. The van der Waals surface area contributed by atoms with Gasteiger partial charge < -0.3 is 5.32 Å². The van der Waals surface area contributed by atoms with Gasteiger partial charge in [0, 0.05) is 5.54 Å². The van der Waals surface area contributed by atoms with Crippen LogP contribution in [-0.4, -0.2) is 11.4 Å². The van der Waals surface area contributed by atoms with E-state index in [9.17, 15) is 4.79 Å². The zero-order valence-corrected chi connectivity index (χ0v) is 9.07. The molecule has 1 rings (SSSR count). The quantitative estimate of drug-likeness (QED) is 0.773. The van der Waals surface area contributed by atoms with Crippen LogP contribution in [0.3, 0.4) is 0 Å². The van der Waals surface area contributed by atoms with Gasteiger partial charge in [-0.2, -0.15) is 11.3 Å². The highest BCUT2D eigenvalue weighted by molar-refractivity contribution is 7.07. The van der Waals surface area contributed by atoms with Crippen molar-refractivity contribution in [3.8, 4) is 0 Å². The Balaban J connectivity index is 2.43. The first-order chi connectivity index (χ1) is 5.97. The van der Waals surface area contributed by atoms with Crippen LogP contribution in [0.25, 0.3) is 0 Å². The number of rotatable bonds is 2. The molecule has 1 N–H and O–H groups in total. The van der Waals surface area contributed by atoms with Gasteiger partial charge in [0.25, 0.3) is 0 Å². The molecule has 0 bridgehead atoms. The monoisotopic (exact) mass is 197 g/mol. The molecule has 0 saturated carbocycles. The van der Waals surface area contributed by atoms with Crippen molar-refractivity contribution in [3.05, 3.63) is 22.4 Å². The third-order valence-corrected chi connectivity index (χ3v) is 2.19. The van der Waals surface area contributed by atoms with Crippen molar-refractivity contribution in [3.63, 3.8) is 0 Å². The average molecular weight is 197 g/mol. The smallest absolute Gasteiger partial charge is 0.224 e. The molecule has 0 unspecified atom stereocenters. The summed E-state index contributed by atoms with van der Waals surface area (Å²) >= 11 is 1.62. The molecule has 0 atom stereocenters. The topological polar surface area (TPSA) is 29.1 Å². The molecule has 0 fully saturated rings. The Labute approximate surface area is 83.0 Å². The van der Waals surface area contributed by atoms with Crippen molar-refractivity contribution >= 4 is 17.2 Å². The number of nitrogens with one attached hydrogen (secondary N) is 1. The second-order valence-electron chi connectivity index (χ2n) is 4.11. The fraction of sp³-hybridized carbons (Fsp3) is 0.500. The van der Waals surface area contributed by atoms with Crippen LogP contribution in [0.2, 0.25) is 0 Å². The second-order valence-corrected chi connectivity index (χ2v) is 4.89. The predicted molar refractivity (Wildman–Crippen MR) is 55.9 cm³/mol. The molecule has 1 amide bonds. The van der Waals surface area contributed by atoms with E-state index in [2.05, 4.69) is 5.32 Å². The van der Waals surface area contributed by atoms with Crippen LogP contribution in [0.1, 0.15) is 26.3 Å². The van der Waals surface area contributed by atoms with Crippen LogP contribution in [-0.2, 0) is 11.2 Å². The van der Waals surface area contributed by atoms with Crippen molar-refractivity contribution in [1.29, 1.82) is 0 Å². The lowest BCUT2D eigenvalue weighted by atomic mass is 10.1. The largest absolute Gasteiger partial charge is 0.351 e. The second kappa shape index (κ2) is 3.92. The highest BCUT2D eigenvalue weighted by atomic mass is 32.1. The normalized spacial score (nSPS) is 11.3. The maximum atomic E-state index is 11.4. The summed E-state index contributed by atoms with van der Waals surface area (Å²) in [4.78, 5) is 11.4. The first-order valence-electron chi connectivity index (χ1n) is 4.29. The van der Waals surface area contributed by atoms with Gasteiger partial charge in [-0.1, -0.05) is 0 Å². The Morgan fingerprint density at radius 3 is 2.69 bits per heavy atom. The molecule has 0 radical (unpaired) electrons. The Bertz CT molecular complexity index is 272. The molecule has 2 nitrogen and oxygen atoms in total. The van der Waals surface area contributed by atoms with Gasteiger partial charge in [0.05, 0.1) is 6.42 Å². The average Bonchev–Trinajstić information content (AvgIpc) is 2.34. The Kier molecular flexibility index (Phi) is 3.09. The lowest BCUT2D eigenvalue weighted by Crippen LogP contribution is -2.41. The van der Waals surface area contributed by atoms with Gasteiger partial charge >= 0.3 is 0 Å². The summed E-state index contributed by atoms with van der Waals surface area (Å²) in [6.45, 7) is 5.95. The highest BCUT2D eigenvalue weighted by Gasteiger charge is 2.13. The van der Waals surface area contributed by atoms with Gasteiger partial charge in [-0.15, -0.1) is 0 Å². The van der Waals surface area contributed by atoms with Gasteiger partial charge in [0.2, 0.25) is 5.91 Å². The molecule has 72 valence electrons. The van der Waals surface area contributed by atoms with Gasteiger partial charge in [-0.25, -0.2) is 0 Å². The van der Waals surface area contributed by atoms with E-state index < -0.39 is 0 Å². The zero-order valence-electron chi connectivity index (χ0n) is 8.26. The van der Waals surface area contributed by atoms with E-state index in [-0.39, 0.29) is 11.4 Å². The number of thiophene rings is 1. The van der Waals surface area contributed by atoms with Crippen LogP contribution < -0.4 is 5.32 Å². The number of hydrogen-bond acceptors (Lipinski definition) is 2. The molecule has 13 heavy (non-hydrogen) atoms. The maximum Gasteiger partial charge on any atom is 0.224 e. The van der Waals surface area contributed by atoms with Gasteiger partial charge in [0.15, 0.2) is 0 Å². The molecule has 1 aromatic heterocycles. The summed E-state index contributed by atoms with van der Waals surface area (Å²) in [6, 6.07) is 1.98. The minimum Gasteiger partial charge on any atom is -0.351 e. The molecule has 0 aliphatic heterocycles. The predicted octanol–water partition coefficient (Wildman–Crippen LogP) is 2.21. The molecule has 3 heteroatoms. The van der Waals surface area contributed by atoms with E-state index in [0.29, 0.717) is 6.42 Å². The van der Waals surface area contributed by atoms with Crippen molar-refractivity contribution in [2.45, 2.75) is 32.7 Å². The summed E-state index contributed by atoms with van der Waals surface area (Å²) in [5.41, 5.74) is 0.958. The van der Waals surface area contributed by atoms with Crippen LogP contribution in [0.15, 0.2) is 16.8 Å². The molecule has 0 spiro atoms. The standard InChI is InChI=1S/C10H15NOS/c1-10(2,3)11-9(12)6-8-4-5-13-7-8/h4-5,7H,6H2,1-3H3,(H,11,12). The van der Waals surface area contributed by atoms with Gasteiger partial charge in [-0.3, -0.25) is 4.79 Å². The van der Waals surface area contributed by atoms with Crippen molar-refractivity contribution in [2.75, 3.05) is 0 Å². The van der Waals surface area contributed by atoms with E-state index in [1.54, 1.807) is 11.3 Å². The van der Waals surface area contributed by atoms with E-state index in [1.165, 1.54) is 0 Å². The minimum absolute atomic E-state index is 0.0888. The fourth-order valence-corrected chi connectivity index (χ4v) is 1.71. The Hall–Kier alpha value is -0.830. The molecule has 0 saturated heterocycles. The molecular formula is C10H15NOS. The summed E-state index contributed by atoms with van der Waals surface area (Å²) < 4.78 is 0. The number of amides is 1. The van der Waals surface area contributed by atoms with Crippen molar-refractivity contribution in [1.82, 2.24) is 5.32 Å². The number of hydrogen-bond donors (Lipinski definition) is 1. The van der Waals surface area contributed by atoms with E-state index in [4.69, 9.17) is 0 Å². The molecule has 1 heterocycles. The fourth-order valence-electron chi connectivity index (χ4n) is 1.04. The van der Waals surface area contributed by atoms with Gasteiger partial charge in [0.1, 0.15) is 0 Å². The molecule has 0 aromatic carbocycles. The van der Waals surface area contributed by atoms with Crippen molar-refractivity contribution in [2.24, 2.45) is 0 Å². The van der Waals surface area contributed by atoms with Crippen LogP contribution in [0.5, 0.6) is 0 Å². The van der Waals surface area contributed by atoms with E-state index in [1.807, 2.05) is 37.6 Å². The highest BCUT2D eigenvalue weighted by Crippen LogP contribution is 2.07. The first kappa shape index (κ1) is 10.3. The summed E-state index contributed by atoms with van der Waals surface area (Å²) in [6.07, 6.45) is 0.487. The summed E-state index contributed by atoms with van der Waals surface area (Å²) in [5.74, 6) is 0.0888. The van der Waals surface area contributed by atoms with Gasteiger partial charge in [-0.05, 0) is 43.2 Å². The zero-order chi connectivity index (χ0) is 9.90. The lowest BCUT2D eigenvalue weighted by Gasteiger charge is -2.20. The SMILES string of the molecule is CC(C)(C)NC(=O)Cc1ccsc1. The Morgan fingerprint density at radius 2 is 2.23 bits per heavy atom. The third kappa shape index (κ3) is 4.08. The van der Waals surface area contributed by atoms with E-state index >= 15 is 0 Å².